The minimum atomic E-state index is -1.48. The van der Waals surface area contributed by atoms with Crippen LogP contribution in [0.15, 0.2) is 11.1 Å². The van der Waals surface area contributed by atoms with Crippen molar-refractivity contribution < 1.29 is 29.3 Å². The summed E-state index contributed by atoms with van der Waals surface area (Å²) in [5, 5.41) is 21.4. The maximum absolute atomic E-state index is 12.7. The van der Waals surface area contributed by atoms with E-state index in [1.807, 2.05) is 13.8 Å². The van der Waals surface area contributed by atoms with Crippen molar-refractivity contribution in [3.05, 3.63) is 33.4 Å². The van der Waals surface area contributed by atoms with Crippen LogP contribution in [0.25, 0.3) is 0 Å². The van der Waals surface area contributed by atoms with Crippen molar-refractivity contribution in [2.45, 2.75) is 65.8 Å². The first-order chi connectivity index (χ1) is 13.4. The Kier molecular flexibility index (Phi) is 4.27. The number of aliphatic hydroxyl groups is 1. The second-order valence-corrected chi connectivity index (χ2v) is 9.06. The standard InChI is InChI=1S/C23H28O6/c1-10(24)7-14-11(2)19(25)13(4)20-15(14)8-16-18-12(3)21(26)22(5,27)17(18)9-28-23(16,6)29-20/h16-17,25,27H,7-9H2,1-6H3/t16-,17+,22-,23-/m1/s1. The average Bonchev–Trinajstić information content (AvgIpc) is 2.82. The van der Waals surface area contributed by atoms with E-state index in [1.165, 1.54) is 6.92 Å². The summed E-state index contributed by atoms with van der Waals surface area (Å²) >= 11 is 0. The summed E-state index contributed by atoms with van der Waals surface area (Å²) in [7, 11) is 0. The van der Waals surface area contributed by atoms with Gasteiger partial charge in [0.15, 0.2) is 5.78 Å². The highest BCUT2D eigenvalue weighted by Crippen LogP contribution is 2.55. The Hall–Kier alpha value is -2.18. The lowest BCUT2D eigenvalue weighted by molar-refractivity contribution is -0.236. The molecule has 1 aromatic rings. The maximum atomic E-state index is 12.7. The van der Waals surface area contributed by atoms with Crippen molar-refractivity contribution in [1.82, 2.24) is 0 Å². The molecule has 6 nitrogen and oxygen atoms in total. The molecule has 4 rings (SSSR count). The third kappa shape index (κ3) is 2.62. The molecule has 156 valence electrons. The van der Waals surface area contributed by atoms with Crippen LogP contribution in [0.2, 0.25) is 0 Å². The highest BCUT2D eigenvalue weighted by molar-refractivity contribution is 6.05. The van der Waals surface area contributed by atoms with Gasteiger partial charge in [0.05, 0.1) is 12.5 Å². The zero-order valence-corrected chi connectivity index (χ0v) is 17.8. The van der Waals surface area contributed by atoms with Crippen LogP contribution < -0.4 is 4.74 Å². The summed E-state index contributed by atoms with van der Waals surface area (Å²) < 4.78 is 12.5. The van der Waals surface area contributed by atoms with Gasteiger partial charge in [0, 0.05) is 24.8 Å². The summed E-state index contributed by atoms with van der Waals surface area (Å²) in [5.74, 6) is -1.27. The predicted octanol–water partition coefficient (Wildman–Crippen LogP) is 2.70. The van der Waals surface area contributed by atoms with Gasteiger partial charge in [-0.25, -0.2) is 0 Å². The minimum Gasteiger partial charge on any atom is -0.507 e. The fourth-order valence-electron chi connectivity index (χ4n) is 5.39. The Morgan fingerprint density at radius 2 is 1.83 bits per heavy atom. The van der Waals surface area contributed by atoms with Crippen LogP contribution in [0.3, 0.4) is 0 Å². The number of phenols is 1. The van der Waals surface area contributed by atoms with E-state index < -0.39 is 17.3 Å². The van der Waals surface area contributed by atoms with Gasteiger partial charge in [0.2, 0.25) is 5.79 Å². The largest absolute Gasteiger partial charge is 0.507 e. The molecule has 6 heteroatoms. The number of Topliss-reactive ketones (excluding diaryl/α,β-unsaturated/α-hetero) is 2. The first kappa shape index (κ1) is 20.1. The molecule has 4 atom stereocenters. The molecule has 0 amide bonds. The summed E-state index contributed by atoms with van der Waals surface area (Å²) in [6, 6.07) is 0. The molecule has 0 bridgehead atoms. The van der Waals surface area contributed by atoms with E-state index in [4.69, 9.17) is 9.47 Å². The molecule has 1 saturated heterocycles. The van der Waals surface area contributed by atoms with Crippen molar-refractivity contribution in [3.8, 4) is 11.5 Å². The molecule has 0 radical (unpaired) electrons. The zero-order valence-electron chi connectivity index (χ0n) is 17.8. The van der Waals surface area contributed by atoms with E-state index in [1.54, 1.807) is 20.8 Å². The predicted molar refractivity (Wildman–Crippen MR) is 106 cm³/mol. The van der Waals surface area contributed by atoms with Crippen molar-refractivity contribution in [3.63, 3.8) is 0 Å². The number of hydrogen-bond donors (Lipinski definition) is 2. The van der Waals surface area contributed by atoms with Gasteiger partial charge < -0.3 is 19.7 Å². The number of carbonyl (C=O) groups is 2. The highest BCUT2D eigenvalue weighted by Gasteiger charge is 2.59. The SMILES string of the molecule is CC(=O)Cc1c(C)c(O)c(C)c2c1C[C@@H]1C3=C(C)C(=O)[C@](C)(O)[C@H]3CO[C@]1(C)O2. The number of carbonyl (C=O) groups excluding carboxylic acids is 2. The first-order valence-corrected chi connectivity index (χ1v) is 10.0. The number of ketones is 2. The van der Waals surface area contributed by atoms with Crippen LogP contribution >= 0.6 is 0 Å². The lowest BCUT2D eigenvalue weighted by Gasteiger charge is -2.49. The zero-order chi connectivity index (χ0) is 21.5. The van der Waals surface area contributed by atoms with Gasteiger partial charge in [-0.05, 0) is 68.9 Å². The Bertz CT molecular complexity index is 986. The van der Waals surface area contributed by atoms with E-state index in [0.717, 1.165) is 16.7 Å². The minimum absolute atomic E-state index is 0.000896. The van der Waals surface area contributed by atoms with Gasteiger partial charge in [0.25, 0.3) is 0 Å². The average molecular weight is 400 g/mol. The van der Waals surface area contributed by atoms with Crippen LogP contribution in [0.5, 0.6) is 11.5 Å². The molecule has 3 aliphatic rings. The summed E-state index contributed by atoms with van der Waals surface area (Å²) in [6.45, 7) is 10.5. The topological polar surface area (TPSA) is 93.1 Å². The Morgan fingerprint density at radius 3 is 2.45 bits per heavy atom. The van der Waals surface area contributed by atoms with Crippen LogP contribution in [0, 0.1) is 25.7 Å². The number of fused-ring (bicyclic) bond motifs is 4. The molecule has 2 heterocycles. The molecule has 1 fully saturated rings. The van der Waals surface area contributed by atoms with Gasteiger partial charge in [-0.1, -0.05) is 0 Å². The molecule has 1 aromatic carbocycles. The molecular formula is C23H28O6. The van der Waals surface area contributed by atoms with E-state index >= 15 is 0 Å². The quantitative estimate of drug-likeness (QED) is 0.793. The van der Waals surface area contributed by atoms with Gasteiger partial charge in [0.1, 0.15) is 22.9 Å². The molecule has 0 spiro atoms. The second-order valence-electron chi connectivity index (χ2n) is 9.06. The van der Waals surface area contributed by atoms with Gasteiger partial charge in [-0.3, -0.25) is 9.59 Å². The van der Waals surface area contributed by atoms with Gasteiger partial charge in [-0.2, -0.15) is 0 Å². The lowest BCUT2D eigenvalue weighted by atomic mass is 9.72. The molecule has 1 aliphatic carbocycles. The normalized spacial score (nSPS) is 33.1. The fourth-order valence-corrected chi connectivity index (χ4v) is 5.39. The molecule has 0 unspecified atom stereocenters. The number of hydrogen-bond acceptors (Lipinski definition) is 6. The number of benzene rings is 1. The van der Waals surface area contributed by atoms with Crippen molar-refractivity contribution in [2.75, 3.05) is 6.61 Å². The first-order valence-electron chi connectivity index (χ1n) is 10.0. The molecule has 0 saturated carbocycles. The van der Waals surface area contributed by atoms with Crippen LogP contribution in [-0.2, 0) is 27.2 Å². The molecule has 2 N–H and O–H groups in total. The Balaban J connectivity index is 1.91. The second kappa shape index (κ2) is 6.16. The van der Waals surface area contributed by atoms with Gasteiger partial charge >= 0.3 is 0 Å². The van der Waals surface area contributed by atoms with Crippen LogP contribution in [-0.4, -0.2) is 39.8 Å². The Morgan fingerprint density at radius 1 is 1.17 bits per heavy atom. The summed E-state index contributed by atoms with van der Waals surface area (Å²) in [6.07, 6.45) is 0.719. The third-order valence-electron chi connectivity index (χ3n) is 7.11. The fraction of sp³-hybridized carbons (Fsp3) is 0.565. The van der Waals surface area contributed by atoms with E-state index in [0.29, 0.717) is 28.9 Å². The van der Waals surface area contributed by atoms with E-state index in [-0.39, 0.29) is 36.3 Å². The Labute approximate surface area is 170 Å². The monoisotopic (exact) mass is 400 g/mol. The summed E-state index contributed by atoms with van der Waals surface area (Å²) in [4.78, 5) is 24.6. The number of ether oxygens (including phenoxy) is 2. The maximum Gasteiger partial charge on any atom is 0.214 e. The van der Waals surface area contributed by atoms with Crippen molar-refractivity contribution in [2.24, 2.45) is 11.8 Å². The van der Waals surface area contributed by atoms with Crippen LogP contribution in [0.4, 0.5) is 0 Å². The summed E-state index contributed by atoms with van der Waals surface area (Å²) in [5.41, 5.74) is 2.92. The number of rotatable bonds is 2. The molecular weight excluding hydrogens is 372 g/mol. The lowest BCUT2D eigenvalue weighted by Crippen LogP contribution is -2.56. The molecule has 0 aromatic heterocycles. The number of phenolic OH excluding ortho intramolecular Hbond substituents is 1. The molecule has 2 aliphatic heterocycles. The highest BCUT2D eigenvalue weighted by atomic mass is 16.7. The third-order valence-corrected chi connectivity index (χ3v) is 7.11. The van der Waals surface area contributed by atoms with Crippen molar-refractivity contribution in [1.29, 1.82) is 0 Å². The van der Waals surface area contributed by atoms with Crippen LogP contribution in [0.1, 0.15) is 49.9 Å². The van der Waals surface area contributed by atoms with Gasteiger partial charge in [-0.15, -0.1) is 0 Å². The smallest absolute Gasteiger partial charge is 0.214 e. The van der Waals surface area contributed by atoms with E-state index in [2.05, 4.69) is 0 Å². The molecule has 29 heavy (non-hydrogen) atoms. The number of aromatic hydroxyl groups is 1. The van der Waals surface area contributed by atoms with Crippen molar-refractivity contribution >= 4 is 11.6 Å². The van der Waals surface area contributed by atoms with E-state index in [9.17, 15) is 19.8 Å².